The Hall–Kier alpha value is -3.12. The highest BCUT2D eigenvalue weighted by Gasteiger charge is 2.21. The first-order valence-electron chi connectivity index (χ1n) is 8.41. The fourth-order valence-electron chi connectivity index (χ4n) is 3.11. The number of imidazole rings is 1. The van der Waals surface area contributed by atoms with Crippen LogP contribution >= 0.6 is 11.3 Å². The smallest absolute Gasteiger partial charge is 0.195 e. The van der Waals surface area contributed by atoms with Crippen LogP contribution in [0.25, 0.3) is 27.5 Å². The second-order valence-corrected chi connectivity index (χ2v) is 6.97. The maximum absolute atomic E-state index is 12.0. The number of carbonyl (C=O) groups excluding carboxylic acids is 1. The van der Waals surface area contributed by atoms with E-state index in [9.17, 15) is 4.79 Å². The summed E-state index contributed by atoms with van der Waals surface area (Å²) in [4.78, 5) is 17.5. The maximum Gasteiger partial charge on any atom is 0.195 e. The molecular formula is C21H18N2O3S. The molecule has 5 nitrogen and oxygen atoms in total. The molecule has 0 unspecified atom stereocenters. The van der Waals surface area contributed by atoms with Gasteiger partial charge in [-0.15, -0.1) is 11.3 Å². The van der Waals surface area contributed by atoms with Crippen molar-refractivity contribution in [3.63, 3.8) is 0 Å². The van der Waals surface area contributed by atoms with Crippen molar-refractivity contribution in [2.75, 3.05) is 14.2 Å². The lowest BCUT2D eigenvalue weighted by Crippen LogP contribution is -1.96. The molecule has 4 aromatic rings. The van der Waals surface area contributed by atoms with Crippen molar-refractivity contribution in [3.8, 4) is 34.0 Å². The van der Waals surface area contributed by atoms with Crippen LogP contribution in [-0.4, -0.2) is 29.9 Å². The van der Waals surface area contributed by atoms with E-state index in [-0.39, 0.29) is 0 Å². The Balaban J connectivity index is 1.96. The standard InChI is InChI=1S/C21H18N2O3S/c1-13-4-6-14(7-5-13)18-12-27-21-22-20(17(11-24)23(18)21)16-10-15(25-2)8-9-19(16)26-3/h4-12H,1-3H3. The van der Waals surface area contributed by atoms with Crippen molar-refractivity contribution in [2.45, 2.75) is 6.92 Å². The summed E-state index contributed by atoms with van der Waals surface area (Å²) in [5, 5.41) is 2.02. The molecule has 0 fully saturated rings. The zero-order valence-corrected chi connectivity index (χ0v) is 16.0. The van der Waals surface area contributed by atoms with Gasteiger partial charge in [-0.2, -0.15) is 0 Å². The largest absolute Gasteiger partial charge is 0.497 e. The SMILES string of the molecule is COc1ccc(OC)c(-c2nc3scc(-c4ccc(C)cc4)n3c2C=O)c1. The van der Waals surface area contributed by atoms with Crippen LogP contribution in [0.5, 0.6) is 11.5 Å². The number of nitrogens with zero attached hydrogens (tertiary/aromatic N) is 2. The van der Waals surface area contributed by atoms with Gasteiger partial charge >= 0.3 is 0 Å². The van der Waals surface area contributed by atoms with Gasteiger partial charge in [0.05, 0.1) is 19.9 Å². The highest BCUT2D eigenvalue weighted by Crippen LogP contribution is 2.37. The number of benzene rings is 2. The third-order valence-corrected chi connectivity index (χ3v) is 5.35. The molecule has 2 heterocycles. The molecule has 0 aliphatic heterocycles. The molecule has 2 aromatic carbocycles. The molecule has 0 N–H and O–H groups in total. The van der Waals surface area contributed by atoms with E-state index in [0.717, 1.165) is 28.1 Å². The van der Waals surface area contributed by atoms with Crippen LogP contribution in [0.2, 0.25) is 0 Å². The number of thiazole rings is 1. The van der Waals surface area contributed by atoms with E-state index in [4.69, 9.17) is 14.5 Å². The predicted octanol–water partition coefficient (Wildman–Crippen LogP) is 4.87. The Bertz CT molecular complexity index is 1130. The van der Waals surface area contributed by atoms with E-state index in [1.165, 1.54) is 16.9 Å². The number of methoxy groups -OCH3 is 2. The molecule has 0 bridgehead atoms. The van der Waals surface area contributed by atoms with Crippen molar-refractivity contribution in [1.29, 1.82) is 0 Å². The van der Waals surface area contributed by atoms with Crippen molar-refractivity contribution in [1.82, 2.24) is 9.38 Å². The van der Waals surface area contributed by atoms with E-state index in [2.05, 4.69) is 24.3 Å². The summed E-state index contributed by atoms with van der Waals surface area (Å²) in [7, 11) is 3.20. The fourth-order valence-corrected chi connectivity index (χ4v) is 4.02. The number of hydrogen-bond acceptors (Lipinski definition) is 5. The topological polar surface area (TPSA) is 52.8 Å². The van der Waals surface area contributed by atoms with Gasteiger partial charge in [-0.05, 0) is 30.7 Å². The van der Waals surface area contributed by atoms with Gasteiger partial charge in [0.25, 0.3) is 0 Å². The lowest BCUT2D eigenvalue weighted by Gasteiger charge is -2.09. The van der Waals surface area contributed by atoms with E-state index in [1.807, 2.05) is 34.9 Å². The van der Waals surface area contributed by atoms with Crippen LogP contribution in [0.15, 0.2) is 47.8 Å². The van der Waals surface area contributed by atoms with Crippen LogP contribution in [0, 0.1) is 6.92 Å². The van der Waals surface area contributed by atoms with Crippen LogP contribution in [0.3, 0.4) is 0 Å². The average molecular weight is 378 g/mol. The van der Waals surface area contributed by atoms with Gasteiger partial charge in [-0.3, -0.25) is 9.20 Å². The molecule has 27 heavy (non-hydrogen) atoms. The van der Waals surface area contributed by atoms with Crippen LogP contribution in [0.4, 0.5) is 0 Å². The number of carbonyl (C=O) groups is 1. The molecule has 6 heteroatoms. The van der Waals surface area contributed by atoms with E-state index in [1.54, 1.807) is 14.2 Å². The number of hydrogen-bond donors (Lipinski definition) is 0. The summed E-state index contributed by atoms with van der Waals surface area (Å²) in [5.74, 6) is 1.32. The van der Waals surface area contributed by atoms with E-state index in [0.29, 0.717) is 22.9 Å². The Kier molecular flexibility index (Phi) is 4.41. The molecule has 0 aliphatic carbocycles. The minimum Gasteiger partial charge on any atom is -0.497 e. The quantitative estimate of drug-likeness (QED) is 0.465. The summed E-state index contributed by atoms with van der Waals surface area (Å²) in [6, 6.07) is 13.7. The van der Waals surface area contributed by atoms with Crippen molar-refractivity contribution in [3.05, 3.63) is 59.1 Å². The summed E-state index contributed by atoms with van der Waals surface area (Å²) in [6.07, 6.45) is 0.846. The summed E-state index contributed by atoms with van der Waals surface area (Å²) in [5.41, 5.74) is 4.97. The predicted molar refractivity (Wildman–Crippen MR) is 107 cm³/mol. The Morgan fingerprint density at radius 1 is 1.07 bits per heavy atom. The molecule has 0 saturated carbocycles. The second kappa shape index (κ2) is 6.89. The molecule has 0 radical (unpaired) electrons. The lowest BCUT2D eigenvalue weighted by molar-refractivity contribution is 0.111. The molecule has 4 rings (SSSR count). The highest BCUT2D eigenvalue weighted by atomic mass is 32.1. The number of aldehydes is 1. The summed E-state index contributed by atoms with van der Waals surface area (Å²) in [6.45, 7) is 2.05. The van der Waals surface area contributed by atoms with Gasteiger partial charge < -0.3 is 9.47 Å². The molecule has 0 atom stereocenters. The third kappa shape index (κ3) is 2.88. The number of aryl methyl sites for hydroxylation is 1. The molecule has 0 aliphatic rings. The van der Waals surface area contributed by atoms with Crippen molar-refractivity contribution >= 4 is 22.6 Å². The zero-order chi connectivity index (χ0) is 19.0. The third-order valence-electron chi connectivity index (χ3n) is 4.52. The molecule has 136 valence electrons. The summed E-state index contributed by atoms with van der Waals surface area (Å²) < 4.78 is 12.7. The molecule has 0 amide bonds. The van der Waals surface area contributed by atoms with E-state index < -0.39 is 0 Å². The monoisotopic (exact) mass is 378 g/mol. The van der Waals surface area contributed by atoms with Crippen molar-refractivity contribution < 1.29 is 14.3 Å². The van der Waals surface area contributed by atoms with Gasteiger partial charge in [0.15, 0.2) is 11.2 Å². The second-order valence-electron chi connectivity index (χ2n) is 6.13. The fraction of sp³-hybridized carbons (Fsp3) is 0.143. The van der Waals surface area contributed by atoms with Gasteiger partial charge in [-0.1, -0.05) is 29.8 Å². The number of fused-ring (bicyclic) bond motifs is 1. The molecule has 0 spiro atoms. The van der Waals surface area contributed by atoms with Gasteiger partial charge in [-0.25, -0.2) is 4.98 Å². The average Bonchev–Trinajstić information content (AvgIpc) is 3.27. The Labute approximate surface area is 160 Å². The first-order valence-corrected chi connectivity index (χ1v) is 9.28. The van der Waals surface area contributed by atoms with Crippen LogP contribution < -0.4 is 9.47 Å². The first kappa shape index (κ1) is 17.3. The minimum atomic E-state index is 0.494. The van der Waals surface area contributed by atoms with E-state index >= 15 is 0 Å². The Morgan fingerprint density at radius 2 is 1.85 bits per heavy atom. The van der Waals surface area contributed by atoms with Gasteiger partial charge in [0.2, 0.25) is 0 Å². The lowest BCUT2D eigenvalue weighted by atomic mass is 10.1. The number of aromatic nitrogens is 2. The first-order chi connectivity index (χ1) is 13.2. The molecular weight excluding hydrogens is 360 g/mol. The van der Waals surface area contributed by atoms with Crippen LogP contribution in [-0.2, 0) is 0 Å². The summed E-state index contributed by atoms with van der Waals surface area (Å²) >= 11 is 1.50. The van der Waals surface area contributed by atoms with Gasteiger partial charge in [0, 0.05) is 10.9 Å². The number of ether oxygens (including phenoxy) is 2. The maximum atomic E-state index is 12.0. The molecule has 2 aromatic heterocycles. The highest BCUT2D eigenvalue weighted by molar-refractivity contribution is 7.15. The Morgan fingerprint density at radius 3 is 2.52 bits per heavy atom. The van der Waals surface area contributed by atoms with Crippen LogP contribution in [0.1, 0.15) is 16.1 Å². The van der Waals surface area contributed by atoms with Gasteiger partial charge in [0.1, 0.15) is 22.9 Å². The normalized spacial score (nSPS) is 10.9. The zero-order valence-electron chi connectivity index (χ0n) is 15.2. The number of rotatable bonds is 5. The minimum absolute atomic E-state index is 0.494. The molecule has 0 saturated heterocycles. The van der Waals surface area contributed by atoms with Crippen molar-refractivity contribution in [2.24, 2.45) is 0 Å².